The zero-order valence-electron chi connectivity index (χ0n) is 9.16. The highest BCUT2D eigenvalue weighted by atomic mass is 32.2. The van der Waals surface area contributed by atoms with Crippen molar-refractivity contribution < 1.29 is 4.39 Å². The first-order valence-electron chi connectivity index (χ1n) is 5.62. The molecule has 1 aliphatic rings. The lowest BCUT2D eigenvalue weighted by atomic mass is 10.0. The van der Waals surface area contributed by atoms with Crippen molar-refractivity contribution in [2.45, 2.75) is 30.6 Å². The highest BCUT2D eigenvalue weighted by molar-refractivity contribution is 8.00. The Morgan fingerprint density at radius 1 is 1.50 bits per heavy atom. The van der Waals surface area contributed by atoms with Crippen molar-refractivity contribution in [3.8, 4) is 0 Å². The van der Waals surface area contributed by atoms with Gasteiger partial charge in [-0.1, -0.05) is 18.2 Å². The molecule has 2 unspecified atom stereocenters. The van der Waals surface area contributed by atoms with Gasteiger partial charge in [-0.2, -0.15) is 11.8 Å². The van der Waals surface area contributed by atoms with Crippen molar-refractivity contribution in [3.63, 3.8) is 0 Å². The maximum atomic E-state index is 13.5. The van der Waals surface area contributed by atoms with Gasteiger partial charge in [-0.05, 0) is 36.6 Å². The standard InChI is InChI=1S/C12H17FN2S/c13-10-5-2-1-4-9(10)8-11(15-14)12-6-3-7-16-12/h1-2,4-5,11-12,15H,3,6-8,14H2. The van der Waals surface area contributed by atoms with E-state index in [1.807, 2.05) is 23.9 Å². The Labute approximate surface area is 99.8 Å². The Bertz CT molecular complexity index is 340. The maximum Gasteiger partial charge on any atom is 0.126 e. The van der Waals surface area contributed by atoms with Crippen molar-refractivity contribution in [1.82, 2.24) is 5.43 Å². The van der Waals surface area contributed by atoms with Crippen molar-refractivity contribution >= 4 is 11.8 Å². The monoisotopic (exact) mass is 240 g/mol. The van der Waals surface area contributed by atoms with Gasteiger partial charge in [-0.3, -0.25) is 11.3 Å². The molecular formula is C12H17FN2S. The van der Waals surface area contributed by atoms with Gasteiger partial charge in [-0.25, -0.2) is 4.39 Å². The summed E-state index contributed by atoms with van der Waals surface area (Å²) in [6, 6.07) is 7.09. The van der Waals surface area contributed by atoms with E-state index in [1.54, 1.807) is 6.07 Å². The molecule has 1 aromatic carbocycles. The minimum absolute atomic E-state index is 0.134. The predicted octanol–water partition coefficient (Wildman–Crippen LogP) is 2.10. The SMILES string of the molecule is NNC(Cc1ccccc1F)C1CCCS1. The molecule has 2 rings (SSSR count). The largest absolute Gasteiger partial charge is 0.271 e. The van der Waals surface area contributed by atoms with Gasteiger partial charge < -0.3 is 0 Å². The smallest absolute Gasteiger partial charge is 0.126 e. The second-order valence-electron chi connectivity index (χ2n) is 4.12. The van der Waals surface area contributed by atoms with Crippen molar-refractivity contribution in [2.75, 3.05) is 5.75 Å². The van der Waals surface area contributed by atoms with Crippen LogP contribution < -0.4 is 11.3 Å². The molecule has 0 spiro atoms. The number of benzene rings is 1. The number of hydrazine groups is 1. The van der Waals surface area contributed by atoms with Crippen LogP contribution >= 0.6 is 11.8 Å². The second kappa shape index (κ2) is 5.66. The van der Waals surface area contributed by atoms with Crippen LogP contribution in [0, 0.1) is 5.82 Å². The van der Waals surface area contributed by atoms with Crippen LogP contribution in [0.2, 0.25) is 0 Å². The molecule has 2 nitrogen and oxygen atoms in total. The van der Waals surface area contributed by atoms with Gasteiger partial charge in [0.15, 0.2) is 0 Å². The fourth-order valence-electron chi connectivity index (χ4n) is 2.12. The summed E-state index contributed by atoms with van der Waals surface area (Å²) < 4.78 is 13.5. The van der Waals surface area contributed by atoms with E-state index in [4.69, 9.17) is 5.84 Å². The van der Waals surface area contributed by atoms with Crippen molar-refractivity contribution in [2.24, 2.45) is 5.84 Å². The summed E-state index contributed by atoms with van der Waals surface area (Å²) in [5.74, 6) is 6.63. The van der Waals surface area contributed by atoms with Crippen molar-refractivity contribution in [1.29, 1.82) is 0 Å². The van der Waals surface area contributed by atoms with Crippen LogP contribution in [-0.2, 0) is 6.42 Å². The summed E-state index contributed by atoms with van der Waals surface area (Å²) >= 11 is 1.94. The number of nitrogens with two attached hydrogens (primary N) is 1. The van der Waals surface area contributed by atoms with Gasteiger partial charge in [0.05, 0.1) is 0 Å². The van der Waals surface area contributed by atoms with Gasteiger partial charge >= 0.3 is 0 Å². The van der Waals surface area contributed by atoms with E-state index >= 15 is 0 Å². The molecule has 88 valence electrons. The fourth-order valence-corrected chi connectivity index (χ4v) is 3.49. The summed E-state index contributed by atoms with van der Waals surface area (Å²) in [7, 11) is 0. The molecule has 1 saturated heterocycles. The van der Waals surface area contributed by atoms with Crippen LogP contribution in [-0.4, -0.2) is 17.0 Å². The molecule has 1 fully saturated rings. The minimum Gasteiger partial charge on any atom is -0.271 e. The molecule has 0 aliphatic carbocycles. The predicted molar refractivity (Wildman–Crippen MR) is 66.7 cm³/mol. The molecular weight excluding hydrogens is 223 g/mol. The third-order valence-corrected chi connectivity index (χ3v) is 4.54. The zero-order chi connectivity index (χ0) is 11.4. The number of nitrogens with one attached hydrogen (secondary N) is 1. The summed E-state index contributed by atoms with van der Waals surface area (Å²) in [5.41, 5.74) is 3.58. The number of rotatable bonds is 4. The summed E-state index contributed by atoms with van der Waals surface area (Å²) in [4.78, 5) is 0. The molecule has 0 radical (unpaired) electrons. The topological polar surface area (TPSA) is 38.0 Å². The van der Waals surface area contributed by atoms with Crippen LogP contribution in [0.4, 0.5) is 4.39 Å². The number of halogens is 1. The Morgan fingerprint density at radius 2 is 2.31 bits per heavy atom. The average Bonchev–Trinajstić information content (AvgIpc) is 2.81. The Morgan fingerprint density at radius 3 is 2.94 bits per heavy atom. The first-order valence-corrected chi connectivity index (χ1v) is 6.67. The third-order valence-electron chi connectivity index (χ3n) is 3.03. The number of hydrogen-bond donors (Lipinski definition) is 2. The van der Waals surface area contributed by atoms with E-state index in [9.17, 15) is 4.39 Å². The van der Waals surface area contributed by atoms with E-state index in [-0.39, 0.29) is 11.9 Å². The van der Waals surface area contributed by atoms with E-state index in [1.165, 1.54) is 24.7 Å². The van der Waals surface area contributed by atoms with Gasteiger partial charge in [0, 0.05) is 11.3 Å². The molecule has 16 heavy (non-hydrogen) atoms. The molecule has 1 aromatic rings. The molecule has 1 heterocycles. The highest BCUT2D eigenvalue weighted by Crippen LogP contribution is 2.30. The average molecular weight is 240 g/mol. The molecule has 4 heteroatoms. The van der Waals surface area contributed by atoms with Crippen LogP contribution in [0.3, 0.4) is 0 Å². The van der Waals surface area contributed by atoms with E-state index in [2.05, 4.69) is 5.43 Å². The van der Waals surface area contributed by atoms with E-state index < -0.39 is 0 Å². The quantitative estimate of drug-likeness (QED) is 0.625. The maximum absolute atomic E-state index is 13.5. The third kappa shape index (κ3) is 2.75. The molecule has 0 bridgehead atoms. The van der Waals surface area contributed by atoms with Crippen LogP contribution in [0.5, 0.6) is 0 Å². The fraction of sp³-hybridized carbons (Fsp3) is 0.500. The first-order chi connectivity index (χ1) is 7.81. The zero-order valence-corrected chi connectivity index (χ0v) is 9.97. The Hall–Kier alpha value is -0.580. The van der Waals surface area contributed by atoms with Crippen LogP contribution in [0.15, 0.2) is 24.3 Å². The molecule has 1 aliphatic heterocycles. The lowest BCUT2D eigenvalue weighted by Crippen LogP contribution is -2.43. The van der Waals surface area contributed by atoms with E-state index in [0.29, 0.717) is 11.7 Å². The Kier molecular flexibility index (Phi) is 4.21. The first kappa shape index (κ1) is 11.9. The summed E-state index contributed by atoms with van der Waals surface area (Å²) in [6.45, 7) is 0. The van der Waals surface area contributed by atoms with Crippen LogP contribution in [0.25, 0.3) is 0 Å². The molecule has 0 amide bonds. The number of hydrogen-bond acceptors (Lipinski definition) is 3. The van der Waals surface area contributed by atoms with E-state index in [0.717, 1.165) is 5.56 Å². The van der Waals surface area contributed by atoms with Crippen molar-refractivity contribution in [3.05, 3.63) is 35.6 Å². The normalized spacial score (nSPS) is 22.2. The highest BCUT2D eigenvalue weighted by Gasteiger charge is 2.25. The van der Waals surface area contributed by atoms with Gasteiger partial charge in [0.1, 0.15) is 5.82 Å². The molecule has 0 saturated carbocycles. The lowest BCUT2D eigenvalue weighted by molar-refractivity contribution is 0.484. The molecule has 3 N–H and O–H groups in total. The van der Waals surface area contributed by atoms with Gasteiger partial charge in [-0.15, -0.1) is 0 Å². The summed E-state index contributed by atoms with van der Waals surface area (Å²) in [5, 5.41) is 0.518. The second-order valence-corrected chi connectivity index (χ2v) is 5.47. The number of thioether (sulfide) groups is 1. The van der Waals surface area contributed by atoms with Gasteiger partial charge in [0.2, 0.25) is 0 Å². The summed E-state index contributed by atoms with van der Waals surface area (Å²) in [6.07, 6.45) is 3.08. The van der Waals surface area contributed by atoms with Crippen LogP contribution in [0.1, 0.15) is 18.4 Å². The molecule has 2 atom stereocenters. The Balaban J connectivity index is 2.03. The lowest BCUT2D eigenvalue weighted by Gasteiger charge is -2.22. The molecule has 0 aromatic heterocycles. The minimum atomic E-state index is -0.134. The van der Waals surface area contributed by atoms with Gasteiger partial charge in [0.25, 0.3) is 0 Å².